The van der Waals surface area contributed by atoms with Crippen LogP contribution >= 0.6 is 0 Å². The van der Waals surface area contributed by atoms with Crippen LogP contribution < -0.4 is 0 Å². The molecule has 0 radical (unpaired) electrons. The van der Waals surface area contributed by atoms with Gasteiger partial charge in [0.25, 0.3) is 0 Å². The minimum absolute atomic E-state index is 0.344. The number of benzene rings is 1. The summed E-state index contributed by atoms with van der Waals surface area (Å²) < 4.78 is 0. The molecular formula is C15H24N2O. The number of hydrogen-bond acceptors (Lipinski definition) is 3. The van der Waals surface area contributed by atoms with E-state index in [4.69, 9.17) is 0 Å². The summed E-state index contributed by atoms with van der Waals surface area (Å²) in [6.07, 6.45) is 2.26. The SMILES string of the molecule is CCC(c1ccccc1O)N1CCC(N(C)C)C1. The van der Waals surface area contributed by atoms with Gasteiger partial charge in [0.05, 0.1) is 0 Å². The first-order valence-corrected chi connectivity index (χ1v) is 6.81. The second-order valence-electron chi connectivity index (χ2n) is 5.38. The van der Waals surface area contributed by atoms with Crippen LogP contribution in [0.2, 0.25) is 0 Å². The molecule has 18 heavy (non-hydrogen) atoms. The lowest BCUT2D eigenvalue weighted by molar-refractivity contribution is 0.209. The van der Waals surface area contributed by atoms with Gasteiger partial charge in [0.2, 0.25) is 0 Å². The Morgan fingerprint density at radius 3 is 2.67 bits per heavy atom. The fraction of sp³-hybridized carbons (Fsp3) is 0.600. The Kier molecular flexibility index (Phi) is 4.25. The Bertz CT molecular complexity index is 392. The molecule has 1 aliphatic heterocycles. The third-order valence-electron chi connectivity index (χ3n) is 4.05. The van der Waals surface area contributed by atoms with E-state index in [2.05, 4.69) is 30.8 Å². The van der Waals surface area contributed by atoms with Crippen LogP contribution in [-0.2, 0) is 0 Å². The average Bonchev–Trinajstić information content (AvgIpc) is 2.82. The summed E-state index contributed by atoms with van der Waals surface area (Å²) in [5, 5.41) is 10.0. The highest BCUT2D eigenvalue weighted by Crippen LogP contribution is 2.33. The molecule has 0 amide bonds. The van der Waals surface area contributed by atoms with E-state index in [0.29, 0.717) is 17.8 Å². The van der Waals surface area contributed by atoms with Crippen LogP contribution in [0.3, 0.4) is 0 Å². The lowest BCUT2D eigenvalue weighted by Gasteiger charge is -2.28. The number of likely N-dealkylation sites (N-methyl/N-ethyl adjacent to an activating group) is 1. The third kappa shape index (κ3) is 2.68. The lowest BCUT2D eigenvalue weighted by Crippen LogP contribution is -2.33. The Morgan fingerprint density at radius 1 is 1.39 bits per heavy atom. The summed E-state index contributed by atoms with van der Waals surface area (Å²) >= 11 is 0. The molecule has 1 aromatic carbocycles. The van der Waals surface area contributed by atoms with E-state index in [0.717, 1.165) is 25.1 Å². The zero-order valence-corrected chi connectivity index (χ0v) is 11.6. The molecule has 1 fully saturated rings. The second-order valence-corrected chi connectivity index (χ2v) is 5.38. The van der Waals surface area contributed by atoms with Gasteiger partial charge in [0.15, 0.2) is 0 Å². The number of nitrogens with zero attached hydrogens (tertiary/aromatic N) is 2. The van der Waals surface area contributed by atoms with Gasteiger partial charge in [-0.05, 0) is 33.0 Å². The molecule has 2 unspecified atom stereocenters. The Hall–Kier alpha value is -1.06. The summed E-state index contributed by atoms with van der Waals surface area (Å²) in [6, 6.07) is 8.72. The molecule has 3 heteroatoms. The number of likely N-dealkylation sites (tertiary alicyclic amines) is 1. The monoisotopic (exact) mass is 248 g/mol. The van der Waals surface area contributed by atoms with Gasteiger partial charge < -0.3 is 10.0 Å². The first kappa shape index (κ1) is 13.4. The molecule has 3 nitrogen and oxygen atoms in total. The fourth-order valence-electron chi connectivity index (χ4n) is 2.92. The van der Waals surface area contributed by atoms with E-state index in [1.807, 2.05) is 18.2 Å². The van der Waals surface area contributed by atoms with Crippen LogP contribution in [0.1, 0.15) is 31.4 Å². The van der Waals surface area contributed by atoms with Gasteiger partial charge in [-0.25, -0.2) is 0 Å². The normalized spacial score (nSPS) is 22.6. The molecule has 0 aliphatic carbocycles. The number of aromatic hydroxyl groups is 1. The smallest absolute Gasteiger partial charge is 0.120 e. The van der Waals surface area contributed by atoms with Crippen LogP contribution in [0, 0.1) is 0 Å². The highest BCUT2D eigenvalue weighted by molar-refractivity contribution is 5.34. The van der Waals surface area contributed by atoms with Crippen LogP contribution in [0.4, 0.5) is 0 Å². The number of hydrogen-bond donors (Lipinski definition) is 1. The van der Waals surface area contributed by atoms with Crippen molar-refractivity contribution in [2.75, 3.05) is 27.2 Å². The molecule has 1 aromatic rings. The highest BCUT2D eigenvalue weighted by Gasteiger charge is 2.30. The number of phenols is 1. The maximum Gasteiger partial charge on any atom is 0.120 e. The van der Waals surface area contributed by atoms with Crippen molar-refractivity contribution in [3.8, 4) is 5.75 Å². The van der Waals surface area contributed by atoms with Crippen molar-refractivity contribution in [2.24, 2.45) is 0 Å². The van der Waals surface area contributed by atoms with Gasteiger partial charge in [0, 0.05) is 30.7 Å². The molecule has 0 aromatic heterocycles. The maximum atomic E-state index is 10.0. The Morgan fingerprint density at radius 2 is 2.11 bits per heavy atom. The average molecular weight is 248 g/mol. The molecule has 2 atom stereocenters. The first-order chi connectivity index (χ1) is 8.63. The van der Waals surface area contributed by atoms with E-state index >= 15 is 0 Å². The van der Waals surface area contributed by atoms with Gasteiger partial charge in [0.1, 0.15) is 5.75 Å². The highest BCUT2D eigenvalue weighted by atomic mass is 16.3. The summed E-state index contributed by atoms with van der Waals surface area (Å²) in [4.78, 5) is 4.80. The molecule has 0 saturated carbocycles. The van der Waals surface area contributed by atoms with E-state index in [1.54, 1.807) is 6.07 Å². The summed E-state index contributed by atoms with van der Waals surface area (Å²) in [6.45, 7) is 4.41. The Balaban J connectivity index is 2.13. The first-order valence-electron chi connectivity index (χ1n) is 6.81. The summed E-state index contributed by atoms with van der Waals surface area (Å²) in [5.41, 5.74) is 1.07. The van der Waals surface area contributed by atoms with E-state index in [9.17, 15) is 5.11 Å². The van der Waals surface area contributed by atoms with Crippen molar-refractivity contribution in [1.82, 2.24) is 9.80 Å². The molecule has 0 bridgehead atoms. The molecule has 100 valence electrons. The predicted octanol–water partition coefficient (Wildman–Crippen LogP) is 2.48. The molecule has 1 aliphatic rings. The van der Waals surface area contributed by atoms with Crippen molar-refractivity contribution in [3.63, 3.8) is 0 Å². The molecule has 0 spiro atoms. The second kappa shape index (κ2) is 5.72. The Labute approximate surface area is 110 Å². The van der Waals surface area contributed by atoms with Crippen LogP contribution in [-0.4, -0.2) is 48.1 Å². The van der Waals surface area contributed by atoms with Crippen LogP contribution in [0.25, 0.3) is 0 Å². The minimum atomic E-state index is 0.344. The fourth-order valence-corrected chi connectivity index (χ4v) is 2.92. The maximum absolute atomic E-state index is 10.0. The quantitative estimate of drug-likeness (QED) is 0.887. The van der Waals surface area contributed by atoms with Gasteiger partial charge in [-0.2, -0.15) is 0 Å². The van der Waals surface area contributed by atoms with Crippen LogP contribution in [0.15, 0.2) is 24.3 Å². The van der Waals surface area contributed by atoms with E-state index in [1.165, 1.54) is 6.42 Å². The van der Waals surface area contributed by atoms with Crippen molar-refractivity contribution in [2.45, 2.75) is 31.8 Å². The van der Waals surface area contributed by atoms with Crippen molar-refractivity contribution in [3.05, 3.63) is 29.8 Å². The zero-order valence-electron chi connectivity index (χ0n) is 11.6. The van der Waals surface area contributed by atoms with Gasteiger partial charge in [-0.15, -0.1) is 0 Å². The molecule has 2 rings (SSSR count). The molecule has 1 N–H and O–H groups in total. The van der Waals surface area contributed by atoms with Crippen molar-refractivity contribution in [1.29, 1.82) is 0 Å². The predicted molar refractivity (Wildman–Crippen MR) is 74.8 cm³/mol. The van der Waals surface area contributed by atoms with E-state index in [-0.39, 0.29) is 0 Å². The summed E-state index contributed by atoms with van der Waals surface area (Å²) in [7, 11) is 4.30. The van der Waals surface area contributed by atoms with Gasteiger partial charge >= 0.3 is 0 Å². The number of rotatable bonds is 4. The van der Waals surface area contributed by atoms with Gasteiger partial charge in [-0.3, -0.25) is 4.90 Å². The van der Waals surface area contributed by atoms with Crippen molar-refractivity contribution < 1.29 is 5.11 Å². The molecular weight excluding hydrogens is 224 g/mol. The molecule has 1 saturated heterocycles. The van der Waals surface area contributed by atoms with Crippen LogP contribution in [0.5, 0.6) is 5.75 Å². The summed E-state index contributed by atoms with van der Waals surface area (Å²) in [5.74, 6) is 0.428. The third-order valence-corrected chi connectivity index (χ3v) is 4.05. The molecule has 1 heterocycles. The van der Waals surface area contributed by atoms with E-state index < -0.39 is 0 Å². The topological polar surface area (TPSA) is 26.7 Å². The number of para-hydroxylation sites is 1. The lowest BCUT2D eigenvalue weighted by atomic mass is 10.0. The minimum Gasteiger partial charge on any atom is -0.508 e. The zero-order chi connectivity index (χ0) is 13.1. The largest absolute Gasteiger partial charge is 0.508 e. The van der Waals surface area contributed by atoms with Gasteiger partial charge in [-0.1, -0.05) is 25.1 Å². The van der Waals surface area contributed by atoms with Crippen molar-refractivity contribution >= 4 is 0 Å². The number of phenolic OH excluding ortho intramolecular Hbond substituents is 1. The standard InChI is InChI=1S/C15H24N2O/c1-4-14(13-7-5-6-8-15(13)18)17-10-9-12(11-17)16(2)3/h5-8,12,14,18H,4,9-11H2,1-3H3.